The highest BCUT2D eigenvalue weighted by Crippen LogP contribution is 2.40. The number of rotatable bonds is 2. The molecule has 1 aliphatic rings. The third-order valence-corrected chi connectivity index (χ3v) is 3.59. The molecule has 19 heavy (non-hydrogen) atoms. The molecule has 0 fully saturated rings. The van der Waals surface area contributed by atoms with E-state index < -0.39 is 0 Å². The van der Waals surface area contributed by atoms with Crippen molar-refractivity contribution in [2.45, 2.75) is 18.6 Å². The van der Waals surface area contributed by atoms with Crippen LogP contribution < -0.4 is 10.1 Å². The van der Waals surface area contributed by atoms with E-state index in [0.29, 0.717) is 5.75 Å². The van der Waals surface area contributed by atoms with Gasteiger partial charge in [0, 0.05) is 24.1 Å². The zero-order valence-corrected chi connectivity index (χ0v) is 10.8. The van der Waals surface area contributed by atoms with E-state index in [0.717, 1.165) is 17.5 Å². The van der Waals surface area contributed by atoms with Crippen molar-refractivity contribution in [2.24, 2.45) is 0 Å². The van der Waals surface area contributed by atoms with Gasteiger partial charge in [-0.1, -0.05) is 36.4 Å². The number of ether oxygens (including phenoxy) is 1. The van der Waals surface area contributed by atoms with E-state index >= 15 is 0 Å². The normalized spacial score (nSPS) is 21.6. The van der Waals surface area contributed by atoms with Crippen LogP contribution in [-0.2, 0) is 0 Å². The lowest BCUT2D eigenvalue weighted by Crippen LogP contribution is -2.26. The Morgan fingerprint density at radius 1 is 1.16 bits per heavy atom. The molecule has 0 saturated carbocycles. The molecule has 2 atom stereocenters. The molecule has 98 valence electrons. The van der Waals surface area contributed by atoms with E-state index in [-0.39, 0.29) is 18.0 Å². The van der Waals surface area contributed by atoms with Crippen LogP contribution in [0.5, 0.6) is 5.75 Å². The number of benzene rings is 2. The molecule has 0 bridgehead atoms. The summed E-state index contributed by atoms with van der Waals surface area (Å²) in [5.74, 6) is 0.377. The van der Waals surface area contributed by atoms with Gasteiger partial charge in [-0.15, -0.1) is 0 Å². The molecule has 0 amide bonds. The second-order valence-corrected chi connectivity index (χ2v) is 4.78. The van der Waals surface area contributed by atoms with Gasteiger partial charge in [-0.3, -0.25) is 0 Å². The van der Waals surface area contributed by atoms with Gasteiger partial charge < -0.3 is 10.1 Å². The largest absolute Gasteiger partial charge is 0.485 e. The molecule has 2 aromatic rings. The summed E-state index contributed by atoms with van der Waals surface area (Å²) in [5.41, 5.74) is 2.15. The average molecular weight is 257 g/mol. The molecule has 0 spiro atoms. The maximum atomic E-state index is 13.4. The van der Waals surface area contributed by atoms with Gasteiger partial charge in [0.2, 0.25) is 0 Å². The smallest absolute Gasteiger partial charge is 0.127 e. The van der Waals surface area contributed by atoms with Gasteiger partial charge in [-0.2, -0.15) is 0 Å². The summed E-state index contributed by atoms with van der Waals surface area (Å²) in [6.07, 6.45) is 0.812. The van der Waals surface area contributed by atoms with Crippen molar-refractivity contribution < 1.29 is 9.13 Å². The zero-order valence-electron chi connectivity index (χ0n) is 10.8. The molecule has 1 N–H and O–H groups in total. The zero-order chi connectivity index (χ0) is 13.2. The van der Waals surface area contributed by atoms with Crippen LogP contribution >= 0.6 is 0 Å². The molecule has 0 radical (unpaired) electrons. The third kappa shape index (κ3) is 2.34. The molecule has 2 nitrogen and oxygen atoms in total. The predicted octanol–water partition coefficient (Wildman–Crippen LogP) is 3.61. The van der Waals surface area contributed by atoms with Gasteiger partial charge in [0.05, 0.1) is 0 Å². The van der Waals surface area contributed by atoms with Gasteiger partial charge in [0.15, 0.2) is 0 Å². The van der Waals surface area contributed by atoms with Crippen molar-refractivity contribution in [2.75, 3.05) is 7.05 Å². The summed E-state index contributed by atoms with van der Waals surface area (Å²) in [6.45, 7) is 0. The van der Waals surface area contributed by atoms with Gasteiger partial charge in [0.25, 0.3) is 0 Å². The number of hydrogen-bond acceptors (Lipinski definition) is 2. The van der Waals surface area contributed by atoms with E-state index in [2.05, 4.69) is 5.32 Å². The van der Waals surface area contributed by atoms with Crippen molar-refractivity contribution in [1.29, 1.82) is 0 Å². The summed E-state index contributed by atoms with van der Waals surface area (Å²) >= 11 is 0. The lowest BCUT2D eigenvalue weighted by atomic mass is 9.93. The number of hydrogen-bond donors (Lipinski definition) is 1. The topological polar surface area (TPSA) is 21.3 Å². The highest BCUT2D eigenvalue weighted by Gasteiger charge is 2.28. The fourth-order valence-corrected chi connectivity index (χ4v) is 2.59. The highest BCUT2D eigenvalue weighted by atomic mass is 19.1. The molecule has 3 rings (SSSR count). The fourth-order valence-electron chi connectivity index (χ4n) is 2.59. The Morgan fingerprint density at radius 3 is 2.68 bits per heavy atom. The maximum absolute atomic E-state index is 13.4. The van der Waals surface area contributed by atoms with Crippen LogP contribution in [0.1, 0.15) is 29.7 Å². The first-order chi connectivity index (χ1) is 9.28. The maximum Gasteiger partial charge on any atom is 0.127 e. The first kappa shape index (κ1) is 12.2. The minimum atomic E-state index is -0.262. The number of nitrogens with one attached hydrogen (secondary N) is 1. The third-order valence-electron chi connectivity index (χ3n) is 3.59. The van der Waals surface area contributed by atoms with Crippen molar-refractivity contribution in [3.05, 3.63) is 65.5 Å². The Kier molecular flexibility index (Phi) is 3.22. The van der Waals surface area contributed by atoms with Crippen molar-refractivity contribution >= 4 is 0 Å². The van der Waals surface area contributed by atoms with Crippen molar-refractivity contribution in [3.8, 4) is 5.75 Å². The average Bonchev–Trinajstić information content (AvgIpc) is 2.46. The molecule has 0 aromatic heterocycles. The minimum Gasteiger partial charge on any atom is -0.485 e. The Balaban J connectivity index is 1.97. The summed E-state index contributed by atoms with van der Waals surface area (Å²) < 4.78 is 19.3. The molecule has 0 aliphatic carbocycles. The van der Waals surface area contributed by atoms with Gasteiger partial charge in [-0.05, 0) is 18.7 Å². The summed E-state index contributed by atoms with van der Waals surface area (Å²) in [7, 11) is 1.92. The van der Waals surface area contributed by atoms with Crippen LogP contribution in [0.15, 0.2) is 48.5 Å². The van der Waals surface area contributed by atoms with Crippen LogP contribution in [0.3, 0.4) is 0 Å². The van der Waals surface area contributed by atoms with Crippen LogP contribution in [0.4, 0.5) is 4.39 Å². The molecule has 1 aliphatic heterocycles. The highest BCUT2D eigenvalue weighted by molar-refractivity contribution is 5.39. The summed E-state index contributed by atoms with van der Waals surface area (Å²) in [4.78, 5) is 0. The molecule has 3 heteroatoms. The number of halogens is 1. The van der Waals surface area contributed by atoms with Crippen LogP contribution in [0.2, 0.25) is 0 Å². The predicted molar refractivity (Wildman–Crippen MR) is 72.6 cm³/mol. The summed E-state index contributed by atoms with van der Waals surface area (Å²) in [5, 5.41) is 3.28. The molecular formula is C16H16FNO. The molecule has 0 saturated heterocycles. The van der Waals surface area contributed by atoms with E-state index in [1.54, 1.807) is 6.07 Å². The Hall–Kier alpha value is -1.87. The Bertz CT molecular complexity index is 570. The van der Waals surface area contributed by atoms with E-state index in [9.17, 15) is 4.39 Å². The molecule has 1 heterocycles. The van der Waals surface area contributed by atoms with E-state index in [1.165, 1.54) is 12.1 Å². The lowest BCUT2D eigenvalue weighted by Gasteiger charge is -2.32. The van der Waals surface area contributed by atoms with Gasteiger partial charge in [-0.25, -0.2) is 4.39 Å². The van der Waals surface area contributed by atoms with Crippen molar-refractivity contribution in [3.63, 3.8) is 0 Å². The summed E-state index contributed by atoms with van der Waals surface area (Å²) in [6, 6.07) is 15.0. The van der Waals surface area contributed by atoms with Gasteiger partial charge >= 0.3 is 0 Å². The first-order valence-corrected chi connectivity index (χ1v) is 6.46. The standard InChI is InChI=1S/C16H16FNO/c1-18-14-10-15(11-5-3-2-4-6-11)19-16-9-12(17)7-8-13(14)16/h2-9,14-15,18H,10H2,1H3. The Labute approximate surface area is 112 Å². The quantitative estimate of drug-likeness (QED) is 0.887. The number of fused-ring (bicyclic) bond motifs is 1. The molecule has 2 unspecified atom stereocenters. The van der Waals surface area contributed by atoms with E-state index in [1.807, 2.05) is 37.4 Å². The SMILES string of the molecule is CNC1CC(c2ccccc2)Oc2cc(F)ccc21. The van der Waals surface area contributed by atoms with Crippen LogP contribution in [0.25, 0.3) is 0 Å². The van der Waals surface area contributed by atoms with Crippen LogP contribution in [-0.4, -0.2) is 7.05 Å². The first-order valence-electron chi connectivity index (χ1n) is 6.46. The fraction of sp³-hybridized carbons (Fsp3) is 0.250. The minimum absolute atomic E-state index is 0.0343. The second-order valence-electron chi connectivity index (χ2n) is 4.78. The van der Waals surface area contributed by atoms with Crippen molar-refractivity contribution in [1.82, 2.24) is 5.32 Å². The van der Waals surface area contributed by atoms with Crippen LogP contribution in [0, 0.1) is 5.82 Å². The molecular weight excluding hydrogens is 241 g/mol. The molecule has 2 aromatic carbocycles. The monoisotopic (exact) mass is 257 g/mol. The van der Waals surface area contributed by atoms with E-state index in [4.69, 9.17) is 4.74 Å². The lowest BCUT2D eigenvalue weighted by molar-refractivity contribution is 0.153. The van der Waals surface area contributed by atoms with Gasteiger partial charge in [0.1, 0.15) is 17.7 Å². The Morgan fingerprint density at radius 2 is 1.95 bits per heavy atom. The second kappa shape index (κ2) is 5.02.